The standard InChI is InChI=1S/C12H16FN3/c1-3-11-10-5-4-9(13)6-12(10)16(15-11)7-8(2)14/h4-6,8H,3,7,14H2,1-2H3/t8-/m0/s1. The maximum Gasteiger partial charge on any atom is 0.125 e. The summed E-state index contributed by atoms with van der Waals surface area (Å²) in [6.07, 6.45) is 0.841. The average Bonchev–Trinajstić information content (AvgIpc) is 2.55. The summed E-state index contributed by atoms with van der Waals surface area (Å²) in [6, 6.07) is 4.79. The zero-order chi connectivity index (χ0) is 11.7. The van der Waals surface area contributed by atoms with E-state index in [0.717, 1.165) is 23.0 Å². The van der Waals surface area contributed by atoms with E-state index >= 15 is 0 Å². The van der Waals surface area contributed by atoms with Crippen molar-refractivity contribution in [2.45, 2.75) is 32.9 Å². The Balaban J connectivity index is 2.59. The molecule has 0 bridgehead atoms. The molecule has 0 fully saturated rings. The molecular weight excluding hydrogens is 205 g/mol. The van der Waals surface area contributed by atoms with Crippen molar-refractivity contribution in [3.05, 3.63) is 29.7 Å². The Bertz CT molecular complexity index is 502. The Labute approximate surface area is 94.1 Å². The number of nitrogens with zero attached hydrogens (tertiary/aromatic N) is 2. The maximum absolute atomic E-state index is 13.2. The Kier molecular flexibility index (Phi) is 2.92. The van der Waals surface area contributed by atoms with Crippen LogP contribution in [0.2, 0.25) is 0 Å². The van der Waals surface area contributed by atoms with Crippen LogP contribution in [0.25, 0.3) is 10.9 Å². The molecule has 0 unspecified atom stereocenters. The summed E-state index contributed by atoms with van der Waals surface area (Å²) in [7, 11) is 0. The molecule has 0 aliphatic heterocycles. The fourth-order valence-electron chi connectivity index (χ4n) is 1.89. The molecule has 16 heavy (non-hydrogen) atoms. The van der Waals surface area contributed by atoms with Gasteiger partial charge in [-0.3, -0.25) is 4.68 Å². The maximum atomic E-state index is 13.2. The Morgan fingerprint density at radius 3 is 2.88 bits per heavy atom. The first-order chi connectivity index (χ1) is 7.61. The largest absolute Gasteiger partial charge is 0.326 e. The van der Waals surface area contributed by atoms with E-state index in [1.165, 1.54) is 12.1 Å². The topological polar surface area (TPSA) is 43.8 Å². The van der Waals surface area contributed by atoms with Crippen LogP contribution in [0.4, 0.5) is 4.39 Å². The number of hydrogen-bond acceptors (Lipinski definition) is 2. The van der Waals surface area contributed by atoms with Gasteiger partial charge < -0.3 is 5.73 Å². The van der Waals surface area contributed by atoms with Gasteiger partial charge in [0.05, 0.1) is 17.8 Å². The molecule has 4 heteroatoms. The minimum atomic E-state index is -0.235. The SMILES string of the molecule is CCc1nn(C[C@H](C)N)c2cc(F)ccc12. The second kappa shape index (κ2) is 4.22. The van der Waals surface area contributed by atoms with Crippen LogP contribution < -0.4 is 5.73 Å². The van der Waals surface area contributed by atoms with Crippen LogP contribution in [0, 0.1) is 5.82 Å². The number of halogens is 1. The predicted molar refractivity (Wildman–Crippen MR) is 62.7 cm³/mol. The normalized spacial score (nSPS) is 13.2. The van der Waals surface area contributed by atoms with Crippen LogP contribution >= 0.6 is 0 Å². The lowest BCUT2D eigenvalue weighted by atomic mass is 10.2. The number of hydrogen-bond donors (Lipinski definition) is 1. The average molecular weight is 221 g/mol. The van der Waals surface area contributed by atoms with Gasteiger partial charge in [-0.25, -0.2) is 4.39 Å². The number of benzene rings is 1. The van der Waals surface area contributed by atoms with E-state index in [-0.39, 0.29) is 11.9 Å². The van der Waals surface area contributed by atoms with Gasteiger partial charge in [-0.1, -0.05) is 6.92 Å². The lowest BCUT2D eigenvalue weighted by Crippen LogP contribution is -2.22. The van der Waals surface area contributed by atoms with Gasteiger partial charge in [0.25, 0.3) is 0 Å². The molecule has 1 aromatic heterocycles. The molecule has 0 saturated heterocycles. The summed E-state index contributed by atoms with van der Waals surface area (Å²) in [6.45, 7) is 4.57. The van der Waals surface area contributed by atoms with Gasteiger partial charge in [-0.15, -0.1) is 0 Å². The molecule has 1 atom stereocenters. The molecule has 2 rings (SSSR count). The molecule has 2 aromatic rings. The van der Waals surface area contributed by atoms with E-state index < -0.39 is 0 Å². The van der Waals surface area contributed by atoms with E-state index in [1.807, 2.05) is 13.8 Å². The van der Waals surface area contributed by atoms with E-state index in [0.29, 0.717) is 6.54 Å². The van der Waals surface area contributed by atoms with Crippen molar-refractivity contribution in [3.8, 4) is 0 Å². The highest BCUT2D eigenvalue weighted by Gasteiger charge is 2.10. The molecule has 0 spiro atoms. The summed E-state index contributed by atoms with van der Waals surface area (Å²) >= 11 is 0. The summed E-state index contributed by atoms with van der Waals surface area (Å²) in [5.74, 6) is -0.235. The van der Waals surface area contributed by atoms with Crippen molar-refractivity contribution in [2.24, 2.45) is 5.73 Å². The highest BCUT2D eigenvalue weighted by atomic mass is 19.1. The van der Waals surface area contributed by atoms with Crippen LogP contribution in [0.1, 0.15) is 19.5 Å². The van der Waals surface area contributed by atoms with Gasteiger partial charge in [-0.2, -0.15) is 5.10 Å². The minimum absolute atomic E-state index is 0.0103. The molecule has 1 heterocycles. The third-order valence-electron chi connectivity index (χ3n) is 2.59. The van der Waals surface area contributed by atoms with Crippen LogP contribution in [0.3, 0.4) is 0 Å². The van der Waals surface area contributed by atoms with Gasteiger partial charge in [0, 0.05) is 11.4 Å². The van der Waals surface area contributed by atoms with Crippen LogP contribution in [0.5, 0.6) is 0 Å². The third kappa shape index (κ3) is 1.93. The predicted octanol–water partition coefficient (Wildman–Crippen LogP) is 2.08. The van der Waals surface area contributed by atoms with Crippen molar-refractivity contribution in [1.29, 1.82) is 0 Å². The molecule has 0 aliphatic carbocycles. The minimum Gasteiger partial charge on any atom is -0.326 e. The third-order valence-corrected chi connectivity index (χ3v) is 2.59. The zero-order valence-corrected chi connectivity index (χ0v) is 9.57. The number of aromatic nitrogens is 2. The fourth-order valence-corrected chi connectivity index (χ4v) is 1.89. The van der Waals surface area contributed by atoms with E-state index in [1.54, 1.807) is 10.7 Å². The number of fused-ring (bicyclic) bond motifs is 1. The monoisotopic (exact) mass is 221 g/mol. The van der Waals surface area contributed by atoms with Crippen molar-refractivity contribution < 1.29 is 4.39 Å². The first-order valence-electron chi connectivity index (χ1n) is 5.52. The molecule has 2 N–H and O–H groups in total. The molecule has 0 amide bonds. The Hall–Kier alpha value is -1.42. The van der Waals surface area contributed by atoms with Crippen molar-refractivity contribution in [2.75, 3.05) is 0 Å². The Morgan fingerprint density at radius 2 is 2.25 bits per heavy atom. The molecule has 0 aliphatic rings. The summed E-state index contributed by atoms with van der Waals surface area (Å²) in [5, 5.41) is 5.48. The molecule has 86 valence electrons. The van der Waals surface area contributed by atoms with Crippen molar-refractivity contribution in [1.82, 2.24) is 9.78 Å². The quantitative estimate of drug-likeness (QED) is 0.862. The van der Waals surface area contributed by atoms with Gasteiger partial charge in [-0.05, 0) is 31.5 Å². The molecule has 3 nitrogen and oxygen atoms in total. The van der Waals surface area contributed by atoms with Gasteiger partial charge in [0.15, 0.2) is 0 Å². The lowest BCUT2D eigenvalue weighted by molar-refractivity contribution is 0.546. The van der Waals surface area contributed by atoms with Crippen LogP contribution in [0.15, 0.2) is 18.2 Å². The number of rotatable bonds is 3. The van der Waals surface area contributed by atoms with Crippen LogP contribution in [-0.2, 0) is 13.0 Å². The second-order valence-electron chi connectivity index (χ2n) is 4.12. The molecule has 0 radical (unpaired) electrons. The van der Waals surface area contributed by atoms with Crippen molar-refractivity contribution >= 4 is 10.9 Å². The summed E-state index contributed by atoms with van der Waals surface area (Å²) < 4.78 is 15.0. The number of aryl methyl sites for hydroxylation is 1. The lowest BCUT2D eigenvalue weighted by Gasteiger charge is -2.06. The summed E-state index contributed by atoms with van der Waals surface area (Å²) in [4.78, 5) is 0. The fraction of sp³-hybridized carbons (Fsp3) is 0.417. The molecule has 1 aromatic carbocycles. The molecule has 0 saturated carbocycles. The van der Waals surface area contributed by atoms with Gasteiger partial charge in [0.1, 0.15) is 5.82 Å². The van der Waals surface area contributed by atoms with Gasteiger partial charge in [0.2, 0.25) is 0 Å². The number of nitrogens with two attached hydrogens (primary N) is 1. The van der Waals surface area contributed by atoms with Crippen molar-refractivity contribution in [3.63, 3.8) is 0 Å². The first-order valence-corrected chi connectivity index (χ1v) is 5.52. The van der Waals surface area contributed by atoms with Gasteiger partial charge >= 0.3 is 0 Å². The van der Waals surface area contributed by atoms with E-state index in [4.69, 9.17) is 5.73 Å². The smallest absolute Gasteiger partial charge is 0.125 e. The van der Waals surface area contributed by atoms with E-state index in [2.05, 4.69) is 5.10 Å². The van der Waals surface area contributed by atoms with Crippen LogP contribution in [-0.4, -0.2) is 15.8 Å². The second-order valence-corrected chi connectivity index (χ2v) is 4.12. The summed E-state index contributed by atoms with van der Waals surface area (Å²) in [5.41, 5.74) is 7.57. The highest BCUT2D eigenvalue weighted by molar-refractivity contribution is 5.82. The zero-order valence-electron chi connectivity index (χ0n) is 9.57. The first kappa shape index (κ1) is 11.1. The van der Waals surface area contributed by atoms with E-state index in [9.17, 15) is 4.39 Å². The molecular formula is C12H16FN3. The highest BCUT2D eigenvalue weighted by Crippen LogP contribution is 2.20. The Morgan fingerprint density at radius 1 is 1.50 bits per heavy atom.